The molecular formula is C25H31N3O. The molecule has 1 aliphatic rings. The molecule has 2 N–H and O–H groups in total. The molecule has 1 aromatic heterocycles. The van der Waals surface area contributed by atoms with Crippen molar-refractivity contribution in [1.29, 1.82) is 0 Å². The van der Waals surface area contributed by atoms with Crippen LogP contribution in [-0.4, -0.2) is 18.1 Å². The molecule has 0 unspecified atom stereocenters. The first-order chi connectivity index (χ1) is 13.9. The van der Waals surface area contributed by atoms with Gasteiger partial charge in [-0.2, -0.15) is 0 Å². The van der Waals surface area contributed by atoms with Crippen molar-refractivity contribution < 1.29 is 0 Å². The van der Waals surface area contributed by atoms with Gasteiger partial charge in [0.15, 0.2) is 0 Å². The number of aryl methyl sites for hydroxylation is 2. The summed E-state index contributed by atoms with van der Waals surface area (Å²) < 4.78 is 0. The predicted molar refractivity (Wildman–Crippen MR) is 123 cm³/mol. The van der Waals surface area contributed by atoms with Gasteiger partial charge in [-0.25, -0.2) is 0 Å². The van der Waals surface area contributed by atoms with Crippen LogP contribution in [0.1, 0.15) is 37.0 Å². The Labute approximate surface area is 173 Å². The van der Waals surface area contributed by atoms with Crippen molar-refractivity contribution in [2.45, 2.75) is 40.7 Å². The lowest BCUT2D eigenvalue weighted by molar-refractivity contribution is 0.357. The molecule has 3 aromatic rings. The number of aromatic amines is 1. The Kier molecular flexibility index (Phi) is 5.35. The molecule has 1 saturated heterocycles. The summed E-state index contributed by atoms with van der Waals surface area (Å²) in [5, 5.41) is 4.48. The lowest BCUT2D eigenvalue weighted by Crippen LogP contribution is -2.38. The fraction of sp³-hybridized carbons (Fsp3) is 0.400. The van der Waals surface area contributed by atoms with Crippen molar-refractivity contribution in [3.05, 3.63) is 69.5 Å². The van der Waals surface area contributed by atoms with Crippen LogP contribution in [0.3, 0.4) is 0 Å². The second-order valence-corrected chi connectivity index (χ2v) is 8.85. The van der Waals surface area contributed by atoms with E-state index in [1.54, 1.807) is 0 Å². The molecule has 2 heterocycles. The van der Waals surface area contributed by atoms with Crippen LogP contribution in [-0.2, 0) is 6.54 Å². The largest absolute Gasteiger partial charge is 0.381 e. The standard InChI is InChI=1S/C25H31N3O/c1-16-11-17(2)15-28(14-16)23-9-7-22(8-10-23)26-13-21-12-20-6-5-18(3)19(4)24(20)27-25(21)29/h5-10,12,16-17,26H,11,13-15H2,1-4H3,(H,27,29)/t16-,17-/m0/s1. The van der Waals surface area contributed by atoms with E-state index in [1.165, 1.54) is 17.7 Å². The molecule has 0 radical (unpaired) electrons. The summed E-state index contributed by atoms with van der Waals surface area (Å²) in [7, 11) is 0. The van der Waals surface area contributed by atoms with Crippen molar-refractivity contribution in [2.75, 3.05) is 23.3 Å². The Morgan fingerprint density at radius 1 is 1.03 bits per heavy atom. The third-order valence-corrected chi connectivity index (χ3v) is 6.21. The van der Waals surface area contributed by atoms with E-state index in [4.69, 9.17) is 0 Å². The number of benzene rings is 2. The van der Waals surface area contributed by atoms with Gasteiger partial charge >= 0.3 is 0 Å². The molecule has 4 rings (SSSR count). The van der Waals surface area contributed by atoms with Gasteiger partial charge in [0.1, 0.15) is 0 Å². The van der Waals surface area contributed by atoms with E-state index in [0.29, 0.717) is 6.54 Å². The van der Waals surface area contributed by atoms with Crippen molar-refractivity contribution in [3.63, 3.8) is 0 Å². The fourth-order valence-electron chi connectivity index (χ4n) is 4.56. The van der Waals surface area contributed by atoms with Crippen LogP contribution in [0, 0.1) is 25.7 Å². The number of rotatable bonds is 4. The SMILES string of the molecule is Cc1ccc2cc(CNc3ccc(N4C[C@@H](C)C[C@H](C)C4)cc3)c(=O)[nH]c2c1C. The molecule has 2 atom stereocenters. The molecule has 0 saturated carbocycles. The Hall–Kier alpha value is -2.75. The van der Waals surface area contributed by atoms with Gasteiger partial charge in [0, 0.05) is 36.6 Å². The highest BCUT2D eigenvalue weighted by atomic mass is 16.1. The summed E-state index contributed by atoms with van der Waals surface area (Å²) in [6.45, 7) is 11.6. The van der Waals surface area contributed by atoms with E-state index in [-0.39, 0.29) is 5.56 Å². The topological polar surface area (TPSA) is 48.1 Å². The molecule has 0 amide bonds. The molecule has 0 spiro atoms. The van der Waals surface area contributed by atoms with Gasteiger partial charge in [0.25, 0.3) is 5.56 Å². The Morgan fingerprint density at radius 2 is 1.72 bits per heavy atom. The van der Waals surface area contributed by atoms with Crippen molar-refractivity contribution in [2.24, 2.45) is 11.8 Å². The molecule has 0 bridgehead atoms. The molecule has 29 heavy (non-hydrogen) atoms. The van der Waals surface area contributed by atoms with E-state index in [9.17, 15) is 4.79 Å². The van der Waals surface area contributed by atoms with E-state index < -0.39 is 0 Å². The van der Waals surface area contributed by atoms with Gasteiger partial charge in [0.05, 0.1) is 5.52 Å². The number of fused-ring (bicyclic) bond motifs is 1. The molecule has 1 aliphatic heterocycles. The summed E-state index contributed by atoms with van der Waals surface area (Å²) in [5.74, 6) is 1.48. The maximum Gasteiger partial charge on any atom is 0.253 e. The van der Waals surface area contributed by atoms with Crippen LogP contribution < -0.4 is 15.8 Å². The highest BCUT2D eigenvalue weighted by Crippen LogP contribution is 2.27. The number of anilines is 2. The third kappa shape index (κ3) is 4.16. The number of nitrogens with one attached hydrogen (secondary N) is 2. The molecule has 4 nitrogen and oxygen atoms in total. The van der Waals surface area contributed by atoms with Crippen LogP contribution in [0.5, 0.6) is 0 Å². The first kappa shape index (κ1) is 19.6. The van der Waals surface area contributed by atoms with Crippen LogP contribution in [0.25, 0.3) is 10.9 Å². The van der Waals surface area contributed by atoms with Crippen molar-refractivity contribution in [1.82, 2.24) is 4.98 Å². The van der Waals surface area contributed by atoms with Crippen molar-refractivity contribution in [3.8, 4) is 0 Å². The number of hydrogen-bond donors (Lipinski definition) is 2. The molecule has 1 fully saturated rings. The van der Waals surface area contributed by atoms with Crippen LogP contribution >= 0.6 is 0 Å². The van der Waals surface area contributed by atoms with Gasteiger partial charge in [-0.05, 0) is 78.9 Å². The number of nitrogens with zero attached hydrogens (tertiary/aromatic N) is 1. The van der Waals surface area contributed by atoms with Gasteiger partial charge in [-0.15, -0.1) is 0 Å². The number of hydrogen-bond acceptors (Lipinski definition) is 3. The maximum atomic E-state index is 12.5. The normalized spacial score (nSPS) is 19.5. The summed E-state index contributed by atoms with van der Waals surface area (Å²) in [6.07, 6.45) is 1.32. The zero-order valence-corrected chi connectivity index (χ0v) is 17.9. The number of pyridine rings is 1. The Bertz CT molecular complexity index is 1060. The van der Waals surface area contributed by atoms with Gasteiger partial charge in [0.2, 0.25) is 0 Å². The quantitative estimate of drug-likeness (QED) is 0.641. The lowest BCUT2D eigenvalue weighted by atomic mass is 9.91. The zero-order valence-electron chi connectivity index (χ0n) is 17.9. The summed E-state index contributed by atoms with van der Waals surface area (Å²) in [6, 6.07) is 14.8. The molecular weight excluding hydrogens is 358 g/mol. The smallest absolute Gasteiger partial charge is 0.253 e. The Balaban J connectivity index is 1.47. The van der Waals surface area contributed by atoms with E-state index in [2.05, 4.69) is 79.3 Å². The third-order valence-electron chi connectivity index (χ3n) is 6.21. The van der Waals surface area contributed by atoms with Crippen LogP contribution in [0.2, 0.25) is 0 Å². The summed E-state index contributed by atoms with van der Waals surface area (Å²) >= 11 is 0. The molecule has 2 aromatic carbocycles. The maximum absolute atomic E-state index is 12.5. The van der Waals surface area contributed by atoms with E-state index >= 15 is 0 Å². The molecule has 4 heteroatoms. The number of piperidine rings is 1. The summed E-state index contributed by atoms with van der Waals surface area (Å²) in [4.78, 5) is 18.1. The second-order valence-electron chi connectivity index (χ2n) is 8.85. The average Bonchev–Trinajstić information content (AvgIpc) is 2.69. The minimum Gasteiger partial charge on any atom is -0.381 e. The van der Waals surface area contributed by atoms with Gasteiger partial charge < -0.3 is 15.2 Å². The van der Waals surface area contributed by atoms with E-state index in [0.717, 1.165) is 52.6 Å². The van der Waals surface area contributed by atoms with E-state index in [1.807, 2.05) is 6.07 Å². The summed E-state index contributed by atoms with van der Waals surface area (Å²) in [5.41, 5.74) is 6.31. The van der Waals surface area contributed by atoms with Crippen LogP contribution in [0.15, 0.2) is 47.3 Å². The second kappa shape index (κ2) is 7.94. The minimum absolute atomic E-state index is 0.0217. The highest BCUT2D eigenvalue weighted by molar-refractivity contribution is 5.83. The average molecular weight is 390 g/mol. The predicted octanol–water partition coefficient (Wildman–Crippen LogP) is 5.24. The number of H-pyrrole nitrogens is 1. The first-order valence-electron chi connectivity index (χ1n) is 10.6. The lowest BCUT2D eigenvalue weighted by Gasteiger charge is -2.36. The molecule has 152 valence electrons. The minimum atomic E-state index is -0.0217. The first-order valence-corrected chi connectivity index (χ1v) is 10.6. The van der Waals surface area contributed by atoms with Crippen LogP contribution in [0.4, 0.5) is 11.4 Å². The fourth-order valence-corrected chi connectivity index (χ4v) is 4.56. The van der Waals surface area contributed by atoms with Gasteiger partial charge in [-0.3, -0.25) is 4.79 Å². The molecule has 0 aliphatic carbocycles. The zero-order chi connectivity index (χ0) is 20.5. The highest BCUT2D eigenvalue weighted by Gasteiger charge is 2.21. The number of aromatic nitrogens is 1. The Morgan fingerprint density at radius 3 is 2.41 bits per heavy atom. The monoisotopic (exact) mass is 389 g/mol. The van der Waals surface area contributed by atoms with Gasteiger partial charge in [-0.1, -0.05) is 26.0 Å². The van der Waals surface area contributed by atoms with Crippen molar-refractivity contribution >= 4 is 22.3 Å².